The van der Waals surface area contributed by atoms with E-state index in [9.17, 15) is 24.0 Å². The minimum atomic E-state index is -1.22. The Morgan fingerprint density at radius 1 is 0.815 bits per heavy atom. The van der Waals surface area contributed by atoms with Crippen LogP contribution in [-0.2, 0) is 9.59 Å². The van der Waals surface area contributed by atoms with Gasteiger partial charge in [0.2, 0.25) is 12.2 Å². The second kappa shape index (κ2) is 11.7. The van der Waals surface area contributed by atoms with Gasteiger partial charge in [0, 0.05) is 0 Å². The molecule has 1 aromatic heterocycles. The molecule has 0 bridgehead atoms. The zero-order valence-corrected chi connectivity index (χ0v) is 15.5. The second-order valence-electron chi connectivity index (χ2n) is 6.05. The lowest BCUT2D eigenvalue weighted by Gasteiger charge is -2.16. The molecule has 1 aromatic rings. The maximum atomic E-state index is 12.8. The lowest BCUT2D eigenvalue weighted by molar-refractivity contribution is 0.263. The van der Waals surface area contributed by atoms with Crippen molar-refractivity contribution in [2.45, 2.75) is 77.5 Å². The van der Waals surface area contributed by atoms with Gasteiger partial charge in [-0.3, -0.25) is 0 Å². The normalized spacial score (nSPS) is 12.7. The van der Waals surface area contributed by atoms with E-state index in [-0.39, 0.29) is 12.8 Å². The molecular weight excluding hydrogens is 356 g/mol. The summed E-state index contributed by atoms with van der Waals surface area (Å²) in [5.41, 5.74) is -1.03. The van der Waals surface area contributed by atoms with Crippen molar-refractivity contribution in [3.05, 3.63) is 31.6 Å². The summed E-state index contributed by atoms with van der Waals surface area (Å²) in [6.45, 7) is 3.94. The number of aliphatic imine (C=N–C) groups is 2. The molecule has 0 aliphatic heterocycles. The van der Waals surface area contributed by atoms with Crippen LogP contribution in [0.25, 0.3) is 0 Å². The second-order valence-corrected chi connectivity index (χ2v) is 6.05. The molecular formula is C17H24N4O6. The predicted octanol–water partition coefficient (Wildman–Crippen LogP) is 1.79. The van der Waals surface area contributed by atoms with Crippen molar-refractivity contribution >= 4 is 12.2 Å². The molecule has 0 aliphatic rings. The number of unbranched alkanes of at least 4 members (excludes halogenated alkanes) is 4. The van der Waals surface area contributed by atoms with Crippen LogP contribution in [0.4, 0.5) is 0 Å². The van der Waals surface area contributed by atoms with Gasteiger partial charge in [-0.2, -0.15) is 9.98 Å². The number of hydrogen-bond acceptors (Lipinski definition) is 8. The van der Waals surface area contributed by atoms with Crippen LogP contribution in [0.2, 0.25) is 0 Å². The minimum absolute atomic E-state index is 0.226. The van der Waals surface area contributed by atoms with Gasteiger partial charge < -0.3 is 4.42 Å². The highest BCUT2D eigenvalue weighted by molar-refractivity contribution is 5.33. The van der Waals surface area contributed by atoms with Gasteiger partial charge in [0.25, 0.3) is 0 Å². The Bertz CT molecular complexity index is 803. The molecule has 0 saturated heterocycles. The van der Waals surface area contributed by atoms with Gasteiger partial charge >= 0.3 is 17.2 Å². The number of nitrogens with zero attached hydrogens (tertiary/aromatic N) is 4. The zero-order valence-electron chi connectivity index (χ0n) is 15.5. The summed E-state index contributed by atoms with van der Waals surface area (Å²) in [5.74, 6) is -2.44. The molecule has 27 heavy (non-hydrogen) atoms. The third-order valence-electron chi connectivity index (χ3n) is 4.11. The largest absolute Gasteiger partial charge is 0.428 e. The average Bonchev–Trinajstić information content (AvgIpc) is 2.61. The van der Waals surface area contributed by atoms with Crippen molar-refractivity contribution in [1.82, 2.24) is 9.13 Å². The molecule has 0 aliphatic carbocycles. The van der Waals surface area contributed by atoms with Crippen molar-refractivity contribution in [3.8, 4) is 0 Å². The molecule has 10 nitrogen and oxygen atoms in total. The van der Waals surface area contributed by atoms with Crippen molar-refractivity contribution in [3.63, 3.8) is 0 Å². The van der Waals surface area contributed by atoms with Gasteiger partial charge in [0.1, 0.15) is 12.3 Å². The highest BCUT2D eigenvalue weighted by Gasteiger charge is 2.24. The molecule has 1 rings (SSSR count). The monoisotopic (exact) mass is 380 g/mol. The van der Waals surface area contributed by atoms with Crippen LogP contribution < -0.4 is 17.2 Å². The van der Waals surface area contributed by atoms with Crippen LogP contribution in [0.1, 0.15) is 77.5 Å². The van der Waals surface area contributed by atoms with Gasteiger partial charge in [-0.05, 0) is 25.7 Å². The number of isocyanates is 2. The fourth-order valence-corrected chi connectivity index (χ4v) is 2.72. The Balaban J connectivity index is 3.46. The third-order valence-corrected chi connectivity index (χ3v) is 4.11. The summed E-state index contributed by atoms with van der Waals surface area (Å²) < 4.78 is 5.81. The predicted molar refractivity (Wildman–Crippen MR) is 96.1 cm³/mol. The van der Waals surface area contributed by atoms with E-state index in [0.29, 0.717) is 22.0 Å². The maximum absolute atomic E-state index is 12.8. The molecule has 0 saturated carbocycles. The Morgan fingerprint density at radius 2 is 1.22 bits per heavy atom. The van der Waals surface area contributed by atoms with E-state index in [1.807, 2.05) is 13.8 Å². The van der Waals surface area contributed by atoms with Crippen molar-refractivity contribution in [2.75, 3.05) is 0 Å². The van der Waals surface area contributed by atoms with Crippen molar-refractivity contribution in [2.24, 2.45) is 9.98 Å². The molecule has 0 N–H and O–H groups in total. The van der Waals surface area contributed by atoms with Gasteiger partial charge in [-0.15, -0.1) is 0 Å². The van der Waals surface area contributed by atoms with Crippen molar-refractivity contribution < 1.29 is 14.0 Å². The van der Waals surface area contributed by atoms with Gasteiger partial charge in [0.05, 0.1) is 0 Å². The van der Waals surface area contributed by atoms with Crippen LogP contribution in [0, 0.1) is 0 Å². The first-order valence-electron chi connectivity index (χ1n) is 9.03. The van der Waals surface area contributed by atoms with E-state index < -0.39 is 29.5 Å². The fourth-order valence-electron chi connectivity index (χ4n) is 2.72. The molecule has 0 aromatic carbocycles. The number of hydrogen-bond donors (Lipinski definition) is 0. The first-order chi connectivity index (χ1) is 13.0. The van der Waals surface area contributed by atoms with Gasteiger partial charge in [-0.25, -0.2) is 33.1 Å². The Morgan fingerprint density at radius 3 is 1.56 bits per heavy atom. The minimum Gasteiger partial charge on any atom is -0.358 e. The molecule has 10 heteroatoms. The molecule has 2 atom stereocenters. The number of carbonyl (C=O) groups excluding carboxylic acids is 2. The summed E-state index contributed by atoms with van der Waals surface area (Å²) in [7, 11) is 0. The number of aromatic nitrogens is 2. The van der Waals surface area contributed by atoms with Gasteiger partial charge in [-0.1, -0.05) is 39.5 Å². The van der Waals surface area contributed by atoms with E-state index in [1.165, 1.54) is 12.2 Å². The zero-order chi connectivity index (χ0) is 20.2. The molecule has 1 heterocycles. The van der Waals surface area contributed by atoms with Crippen LogP contribution >= 0.6 is 0 Å². The van der Waals surface area contributed by atoms with Crippen LogP contribution in [0.3, 0.4) is 0 Å². The lowest BCUT2D eigenvalue weighted by Crippen LogP contribution is -2.48. The quantitative estimate of drug-likeness (QED) is 0.308. The highest BCUT2D eigenvalue weighted by atomic mass is 16.5. The van der Waals surface area contributed by atoms with Crippen LogP contribution in [-0.4, -0.2) is 21.3 Å². The smallest absolute Gasteiger partial charge is 0.358 e. The van der Waals surface area contributed by atoms with E-state index in [4.69, 9.17) is 0 Å². The Kier molecular flexibility index (Phi) is 9.64. The topological polar surface area (TPSA) is 133 Å². The van der Waals surface area contributed by atoms with Crippen LogP contribution in [0.5, 0.6) is 0 Å². The first-order valence-corrected chi connectivity index (χ1v) is 9.03. The summed E-state index contributed by atoms with van der Waals surface area (Å²) in [6, 6.07) is 0. The molecule has 0 amide bonds. The summed E-state index contributed by atoms with van der Waals surface area (Å²) in [6.07, 6.45) is 5.43. The van der Waals surface area contributed by atoms with Crippen molar-refractivity contribution in [1.29, 1.82) is 0 Å². The first kappa shape index (κ1) is 22.2. The van der Waals surface area contributed by atoms with Gasteiger partial charge in [0.15, 0.2) is 0 Å². The summed E-state index contributed by atoms with van der Waals surface area (Å²) >= 11 is 0. The summed E-state index contributed by atoms with van der Waals surface area (Å²) in [5, 5.41) is 0. The maximum Gasteiger partial charge on any atom is 0.428 e. The lowest BCUT2D eigenvalue weighted by atomic mass is 10.1. The Labute approximate surface area is 155 Å². The van der Waals surface area contributed by atoms with E-state index in [1.54, 1.807) is 0 Å². The standard InChI is InChI=1S/C17H24N4O6/c1-3-5-7-9-13(18-11-22)20-15(24)21(17(26)27-16(20)25)14(19-12-23)10-8-6-4-2/h13-14H,3-10H2,1-2H3. The average molecular weight is 380 g/mol. The molecule has 0 spiro atoms. The van der Waals surface area contributed by atoms with E-state index >= 15 is 0 Å². The highest BCUT2D eigenvalue weighted by Crippen LogP contribution is 2.16. The molecule has 0 fully saturated rings. The van der Waals surface area contributed by atoms with Crippen LogP contribution in [0.15, 0.2) is 28.8 Å². The third kappa shape index (κ3) is 6.13. The fraction of sp³-hybridized carbons (Fsp3) is 0.706. The molecule has 148 valence electrons. The number of rotatable bonds is 12. The van der Waals surface area contributed by atoms with E-state index in [2.05, 4.69) is 14.4 Å². The Hall–Kier alpha value is -2.83. The molecule has 2 unspecified atom stereocenters. The summed E-state index contributed by atoms with van der Waals surface area (Å²) in [4.78, 5) is 65.5. The SMILES string of the molecule is CCCCCC(N=C=O)n1c(=O)oc(=O)n(C(CCCCC)N=C=O)c1=O. The molecule has 0 radical (unpaired) electrons. The van der Waals surface area contributed by atoms with E-state index in [0.717, 1.165) is 25.7 Å².